The average Bonchev–Trinajstić information content (AvgIpc) is 2.63. The van der Waals surface area contributed by atoms with Gasteiger partial charge in [0.2, 0.25) is 0 Å². The molecule has 0 atom stereocenters. The molecular formula is C10H7F4N3. The topological polar surface area (TPSA) is 54.7 Å². The molecule has 0 saturated carbocycles. The minimum atomic E-state index is -4.74. The number of nitrogen functional groups attached to an aromatic ring is 1. The molecule has 0 fully saturated rings. The van der Waals surface area contributed by atoms with Gasteiger partial charge in [0.1, 0.15) is 5.82 Å². The lowest BCUT2D eigenvalue weighted by molar-refractivity contribution is -0.139. The van der Waals surface area contributed by atoms with Crippen molar-refractivity contribution in [1.29, 1.82) is 0 Å². The number of alkyl halides is 3. The van der Waals surface area contributed by atoms with Gasteiger partial charge < -0.3 is 5.73 Å². The van der Waals surface area contributed by atoms with E-state index in [1.165, 1.54) is 12.3 Å². The molecular weight excluding hydrogens is 238 g/mol. The molecule has 1 aromatic heterocycles. The van der Waals surface area contributed by atoms with Gasteiger partial charge in [0.05, 0.1) is 23.1 Å². The molecule has 3 nitrogen and oxygen atoms in total. The van der Waals surface area contributed by atoms with Crippen molar-refractivity contribution in [2.24, 2.45) is 0 Å². The second kappa shape index (κ2) is 3.76. The number of hydrogen-bond acceptors (Lipinski definition) is 2. The highest BCUT2D eigenvalue weighted by atomic mass is 19.4. The van der Waals surface area contributed by atoms with Crippen LogP contribution >= 0.6 is 0 Å². The number of nitrogens with one attached hydrogen (secondary N) is 1. The molecule has 2 aromatic rings. The number of anilines is 1. The van der Waals surface area contributed by atoms with Crippen molar-refractivity contribution in [3.05, 3.63) is 35.8 Å². The largest absolute Gasteiger partial charge is 0.419 e. The van der Waals surface area contributed by atoms with Crippen molar-refractivity contribution in [2.75, 3.05) is 5.73 Å². The van der Waals surface area contributed by atoms with Crippen LogP contribution in [0.2, 0.25) is 0 Å². The van der Waals surface area contributed by atoms with Crippen molar-refractivity contribution in [1.82, 2.24) is 10.2 Å². The van der Waals surface area contributed by atoms with E-state index in [0.717, 1.165) is 6.07 Å². The van der Waals surface area contributed by atoms with Gasteiger partial charge in [0, 0.05) is 5.56 Å². The van der Waals surface area contributed by atoms with Crippen molar-refractivity contribution in [3.63, 3.8) is 0 Å². The quantitative estimate of drug-likeness (QED) is 0.759. The molecule has 0 unspecified atom stereocenters. The van der Waals surface area contributed by atoms with Crippen LogP contribution in [-0.2, 0) is 6.18 Å². The van der Waals surface area contributed by atoms with Gasteiger partial charge in [-0.25, -0.2) is 4.39 Å². The summed E-state index contributed by atoms with van der Waals surface area (Å²) in [7, 11) is 0. The molecule has 0 saturated heterocycles. The third-order valence-corrected chi connectivity index (χ3v) is 2.24. The molecule has 0 bridgehead atoms. The van der Waals surface area contributed by atoms with Crippen LogP contribution < -0.4 is 5.73 Å². The fourth-order valence-electron chi connectivity index (χ4n) is 1.46. The Bertz CT molecular complexity index is 545. The van der Waals surface area contributed by atoms with Crippen molar-refractivity contribution in [2.45, 2.75) is 6.18 Å². The van der Waals surface area contributed by atoms with Crippen molar-refractivity contribution < 1.29 is 17.6 Å². The smallest absolute Gasteiger partial charge is 0.396 e. The van der Waals surface area contributed by atoms with Crippen LogP contribution in [0.5, 0.6) is 0 Å². The van der Waals surface area contributed by atoms with E-state index in [1.807, 2.05) is 0 Å². The van der Waals surface area contributed by atoms with E-state index in [2.05, 4.69) is 10.2 Å². The van der Waals surface area contributed by atoms with E-state index in [9.17, 15) is 17.6 Å². The standard InChI is InChI=1S/C10H7F4N3/c11-8-5(9-7(15)4-16-17-9)2-1-3-6(8)10(12,13)14/h1-4H,15H2,(H,16,17). The first-order valence-electron chi connectivity index (χ1n) is 4.56. The molecule has 2 rings (SSSR count). The Hall–Kier alpha value is -2.05. The van der Waals surface area contributed by atoms with Crippen LogP contribution in [0.3, 0.4) is 0 Å². The Morgan fingerprint density at radius 3 is 2.47 bits per heavy atom. The van der Waals surface area contributed by atoms with Gasteiger partial charge >= 0.3 is 6.18 Å². The number of halogens is 4. The highest BCUT2D eigenvalue weighted by molar-refractivity contribution is 5.72. The summed E-state index contributed by atoms with van der Waals surface area (Å²) in [5, 5.41) is 5.89. The zero-order valence-corrected chi connectivity index (χ0v) is 8.35. The van der Waals surface area contributed by atoms with Crippen LogP contribution in [0, 0.1) is 5.82 Å². The first-order chi connectivity index (χ1) is 7.91. The molecule has 0 amide bonds. The lowest BCUT2D eigenvalue weighted by atomic mass is 10.1. The first kappa shape index (κ1) is 11.4. The van der Waals surface area contributed by atoms with Crippen molar-refractivity contribution in [3.8, 4) is 11.3 Å². The average molecular weight is 245 g/mol. The monoisotopic (exact) mass is 245 g/mol. The molecule has 0 aliphatic carbocycles. The van der Waals surface area contributed by atoms with E-state index < -0.39 is 17.6 Å². The summed E-state index contributed by atoms with van der Waals surface area (Å²) < 4.78 is 51.1. The van der Waals surface area contributed by atoms with Crippen LogP contribution in [-0.4, -0.2) is 10.2 Å². The molecule has 1 aromatic carbocycles. The molecule has 7 heteroatoms. The minimum absolute atomic E-state index is 0.0357. The number of H-pyrrole nitrogens is 1. The summed E-state index contributed by atoms with van der Waals surface area (Å²) in [4.78, 5) is 0. The summed E-state index contributed by atoms with van der Waals surface area (Å²) in [5.41, 5.74) is 4.00. The van der Waals surface area contributed by atoms with E-state index in [1.54, 1.807) is 0 Å². The lowest BCUT2D eigenvalue weighted by Gasteiger charge is -2.10. The Morgan fingerprint density at radius 1 is 1.24 bits per heavy atom. The Labute approximate surface area is 93.3 Å². The summed E-state index contributed by atoms with van der Waals surface area (Å²) >= 11 is 0. The van der Waals surface area contributed by atoms with E-state index >= 15 is 0 Å². The summed E-state index contributed by atoms with van der Waals surface area (Å²) in [6.45, 7) is 0. The lowest BCUT2D eigenvalue weighted by Crippen LogP contribution is -2.09. The number of benzene rings is 1. The Morgan fingerprint density at radius 2 is 1.94 bits per heavy atom. The number of hydrogen-bond donors (Lipinski definition) is 2. The second-order valence-electron chi connectivity index (χ2n) is 3.37. The minimum Gasteiger partial charge on any atom is -0.396 e. The normalized spacial score (nSPS) is 11.8. The predicted molar refractivity (Wildman–Crippen MR) is 53.4 cm³/mol. The first-order valence-corrected chi connectivity index (χ1v) is 4.56. The second-order valence-corrected chi connectivity index (χ2v) is 3.37. The maximum atomic E-state index is 13.7. The number of nitrogens with two attached hydrogens (primary N) is 1. The van der Waals surface area contributed by atoms with Gasteiger partial charge in [-0.1, -0.05) is 6.07 Å². The van der Waals surface area contributed by atoms with Gasteiger partial charge in [-0.3, -0.25) is 5.10 Å². The Balaban J connectivity index is 2.62. The predicted octanol–water partition coefficient (Wildman–Crippen LogP) is 2.82. The molecule has 0 radical (unpaired) electrons. The highest BCUT2D eigenvalue weighted by Crippen LogP contribution is 2.36. The van der Waals surface area contributed by atoms with Crippen LogP contribution in [0.4, 0.5) is 23.2 Å². The zero-order valence-electron chi connectivity index (χ0n) is 8.35. The number of nitrogens with zero attached hydrogens (tertiary/aromatic N) is 1. The molecule has 90 valence electrons. The summed E-state index contributed by atoms with van der Waals surface area (Å²) in [6, 6.07) is 2.99. The van der Waals surface area contributed by atoms with Crippen molar-refractivity contribution >= 4 is 5.69 Å². The highest BCUT2D eigenvalue weighted by Gasteiger charge is 2.35. The third kappa shape index (κ3) is 1.95. The number of rotatable bonds is 1. The molecule has 17 heavy (non-hydrogen) atoms. The Kier molecular flexibility index (Phi) is 2.53. The van der Waals surface area contributed by atoms with E-state index in [-0.39, 0.29) is 16.9 Å². The van der Waals surface area contributed by atoms with Crippen LogP contribution in [0.15, 0.2) is 24.4 Å². The van der Waals surface area contributed by atoms with Gasteiger partial charge in [0.15, 0.2) is 0 Å². The van der Waals surface area contributed by atoms with Crippen LogP contribution in [0.25, 0.3) is 11.3 Å². The molecule has 1 heterocycles. The molecule has 0 aliphatic heterocycles. The summed E-state index contributed by atoms with van der Waals surface area (Å²) in [6.07, 6.45) is -3.54. The third-order valence-electron chi connectivity index (χ3n) is 2.24. The maximum Gasteiger partial charge on any atom is 0.419 e. The fourth-order valence-corrected chi connectivity index (χ4v) is 1.46. The number of aromatic amines is 1. The van der Waals surface area contributed by atoms with Crippen LogP contribution in [0.1, 0.15) is 5.56 Å². The van der Waals surface area contributed by atoms with Gasteiger partial charge in [-0.2, -0.15) is 18.3 Å². The van der Waals surface area contributed by atoms with E-state index in [0.29, 0.717) is 6.07 Å². The maximum absolute atomic E-state index is 13.7. The zero-order chi connectivity index (χ0) is 12.6. The molecule has 0 spiro atoms. The van der Waals surface area contributed by atoms with Gasteiger partial charge in [-0.15, -0.1) is 0 Å². The number of aromatic nitrogens is 2. The molecule has 3 N–H and O–H groups in total. The SMILES string of the molecule is Nc1cn[nH]c1-c1cccc(C(F)(F)F)c1F. The summed E-state index contributed by atoms with van der Waals surface area (Å²) in [5.74, 6) is -1.36. The van der Waals surface area contributed by atoms with Gasteiger partial charge in [-0.05, 0) is 12.1 Å². The van der Waals surface area contributed by atoms with Gasteiger partial charge in [0.25, 0.3) is 0 Å². The molecule has 0 aliphatic rings. The van der Waals surface area contributed by atoms with E-state index in [4.69, 9.17) is 5.73 Å². The fraction of sp³-hybridized carbons (Fsp3) is 0.100.